The summed E-state index contributed by atoms with van der Waals surface area (Å²) in [7, 11) is 0. The fraction of sp³-hybridized carbons (Fsp3) is 0.190. The largest absolute Gasteiger partial charge is 0.463 e. The molecule has 164 valence electrons. The van der Waals surface area contributed by atoms with Crippen molar-refractivity contribution < 1.29 is 18.9 Å². The molecular formula is C21H16BrN3O6S. The standard InChI is InChI=1S/C21H16BrN3O6S/c1-3-30-20(27)17-11(2)24-19(26)15(10-12-5-4-6-13(22)9-12)32-21(24)23-18(17)14-7-8-16(31-14)25(28)29/h4-10,18H,3H2,1-2H3/b15-10-/t18-/m1/s1. The van der Waals surface area contributed by atoms with Crippen molar-refractivity contribution in [3.8, 4) is 0 Å². The number of allylic oxidation sites excluding steroid dienone is 1. The van der Waals surface area contributed by atoms with Crippen LogP contribution in [0.15, 0.2) is 60.6 Å². The molecule has 2 aromatic heterocycles. The van der Waals surface area contributed by atoms with Crippen molar-refractivity contribution in [2.24, 2.45) is 4.99 Å². The second-order valence-corrected chi connectivity index (χ2v) is 8.70. The van der Waals surface area contributed by atoms with E-state index in [9.17, 15) is 19.7 Å². The normalized spacial score (nSPS) is 16.0. The van der Waals surface area contributed by atoms with E-state index in [1.807, 2.05) is 24.3 Å². The average molecular weight is 518 g/mol. The first-order valence-electron chi connectivity index (χ1n) is 9.49. The number of carbonyl (C=O) groups excluding carboxylic acids is 1. The van der Waals surface area contributed by atoms with Crippen molar-refractivity contribution in [3.63, 3.8) is 0 Å². The van der Waals surface area contributed by atoms with E-state index in [4.69, 9.17) is 9.15 Å². The van der Waals surface area contributed by atoms with Crippen molar-refractivity contribution in [1.29, 1.82) is 0 Å². The SMILES string of the molecule is CCOC(=O)C1=C(C)n2c(s/c(=C\c3cccc(Br)c3)c2=O)=N[C@@H]1c1ccc([N+](=O)[O-])o1. The molecule has 1 aliphatic rings. The maximum absolute atomic E-state index is 13.1. The van der Waals surface area contributed by atoms with E-state index in [0.29, 0.717) is 15.0 Å². The lowest BCUT2D eigenvalue weighted by molar-refractivity contribution is -0.402. The Kier molecular flexibility index (Phi) is 5.94. The number of ether oxygens (including phenoxy) is 1. The van der Waals surface area contributed by atoms with Crippen LogP contribution in [0.3, 0.4) is 0 Å². The van der Waals surface area contributed by atoms with E-state index in [0.717, 1.165) is 21.4 Å². The van der Waals surface area contributed by atoms with Gasteiger partial charge in [-0.05, 0) is 43.7 Å². The number of thiazole rings is 1. The summed E-state index contributed by atoms with van der Waals surface area (Å²) in [6.07, 6.45) is 1.74. The smallest absolute Gasteiger partial charge is 0.433 e. The second kappa shape index (κ2) is 8.67. The van der Waals surface area contributed by atoms with Gasteiger partial charge in [0.1, 0.15) is 16.7 Å². The Morgan fingerprint density at radius 1 is 1.41 bits per heavy atom. The van der Waals surface area contributed by atoms with Crippen LogP contribution in [0, 0.1) is 10.1 Å². The first-order valence-corrected chi connectivity index (χ1v) is 11.1. The Balaban J connectivity index is 1.94. The van der Waals surface area contributed by atoms with Crippen LogP contribution in [0.5, 0.6) is 0 Å². The van der Waals surface area contributed by atoms with Gasteiger partial charge in [0.25, 0.3) is 5.56 Å². The van der Waals surface area contributed by atoms with Crippen molar-refractivity contribution in [1.82, 2.24) is 4.57 Å². The molecule has 1 aliphatic heterocycles. The summed E-state index contributed by atoms with van der Waals surface area (Å²) >= 11 is 4.57. The highest BCUT2D eigenvalue weighted by atomic mass is 79.9. The van der Waals surface area contributed by atoms with Gasteiger partial charge in [0.15, 0.2) is 4.80 Å². The first kappa shape index (κ1) is 21.9. The Hall–Kier alpha value is -3.31. The number of nitro groups is 1. The summed E-state index contributed by atoms with van der Waals surface area (Å²) in [4.78, 5) is 41.2. The van der Waals surface area contributed by atoms with Crippen LogP contribution >= 0.6 is 27.3 Å². The maximum Gasteiger partial charge on any atom is 0.433 e. The number of hydrogen-bond donors (Lipinski definition) is 0. The number of nitrogens with zero attached hydrogens (tertiary/aromatic N) is 3. The van der Waals surface area contributed by atoms with Crippen LogP contribution in [0.1, 0.15) is 31.2 Å². The number of esters is 1. The zero-order chi connectivity index (χ0) is 23.0. The molecular weight excluding hydrogens is 502 g/mol. The highest BCUT2D eigenvalue weighted by Crippen LogP contribution is 2.34. The summed E-state index contributed by atoms with van der Waals surface area (Å²) < 4.78 is 13.1. The van der Waals surface area contributed by atoms with E-state index in [1.165, 1.54) is 16.7 Å². The van der Waals surface area contributed by atoms with Gasteiger partial charge in [-0.25, -0.2) is 9.79 Å². The van der Waals surface area contributed by atoms with E-state index >= 15 is 0 Å². The van der Waals surface area contributed by atoms with Crippen molar-refractivity contribution in [2.75, 3.05) is 6.61 Å². The number of carbonyl (C=O) groups is 1. The Bertz CT molecular complexity index is 1450. The minimum atomic E-state index is -0.973. The molecule has 0 radical (unpaired) electrons. The molecule has 1 atom stereocenters. The number of aromatic nitrogens is 1. The Labute approximate surface area is 193 Å². The van der Waals surface area contributed by atoms with Crippen LogP contribution in [0.2, 0.25) is 0 Å². The minimum Gasteiger partial charge on any atom is -0.463 e. The molecule has 4 rings (SSSR count). The predicted molar refractivity (Wildman–Crippen MR) is 121 cm³/mol. The zero-order valence-corrected chi connectivity index (χ0v) is 19.3. The van der Waals surface area contributed by atoms with Crippen LogP contribution < -0.4 is 14.9 Å². The lowest BCUT2D eigenvalue weighted by Crippen LogP contribution is -2.35. The number of hydrogen-bond acceptors (Lipinski definition) is 8. The van der Waals surface area contributed by atoms with Crippen LogP contribution in [-0.2, 0) is 9.53 Å². The Morgan fingerprint density at radius 2 is 2.19 bits per heavy atom. The van der Waals surface area contributed by atoms with E-state index in [1.54, 1.807) is 19.9 Å². The highest BCUT2D eigenvalue weighted by Gasteiger charge is 2.34. The lowest BCUT2D eigenvalue weighted by atomic mass is 10.0. The van der Waals surface area contributed by atoms with Gasteiger partial charge in [0, 0.05) is 10.2 Å². The van der Waals surface area contributed by atoms with Crippen LogP contribution in [0.25, 0.3) is 11.8 Å². The molecule has 0 unspecified atom stereocenters. The summed E-state index contributed by atoms with van der Waals surface area (Å²) in [5.74, 6) is -1.02. The van der Waals surface area contributed by atoms with Gasteiger partial charge >= 0.3 is 11.9 Å². The molecule has 0 saturated carbocycles. The molecule has 0 saturated heterocycles. The molecule has 1 aromatic carbocycles. The molecule has 9 nitrogen and oxygen atoms in total. The van der Waals surface area contributed by atoms with Gasteiger partial charge in [-0.2, -0.15) is 0 Å². The lowest BCUT2D eigenvalue weighted by Gasteiger charge is -2.20. The van der Waals surface area contributed by atoms with E-state index < -0.39 is 22.8 Å². The van der Waals surface area contributed by atoms with Gasteiger partial charge in [-0.15, -0.1) is 0 Å². The fourth-order valence-electron chi connectivity index (χ4n) is 3.36. The molecule has 3 heterocycles. The van der Waals surface area contributed by atoms with Crippen molar-refractivity contribution >= 4 is 50.9 Å². The number of furan rings is 1. The third-order valence-electron chi connectivity index (χ3n) is 4.75. The molecule has 0 fully saturated rings. The third-order valence-corrected chi connectivity index (χ3v) is 6.22. The number of rotatable bonds is 5. The number of fused-ring (bicyclic) bond motifs is 1. The quantitative estimate of drug-likeness (QED) is 0.291. The van der Waals surface area contributed by atoms with Gasteiger partial charge in [-0.3, -0.25) is 19.5 Å². The third kappa shape index (κ3) is 3.96. The summed E-state index contributed by atoms with van der Waals surface area (Å²) in [5.41, 5.74) is 0.933. The van der Waals surface area contributed by atoms with E-state index in [2.05, 4.69) is 20.9 Å². The second-order valence-electron chi connectivity index (χ2n) is 6.77. The molecule has 3 aromatic rings. The topological polar surface area (TPSA) is 117 Å². The van der Waals surface area contributed by atoms with Crippen LogP contribution in [-0.4, -0.2) is 22.1 Å². The van der Waals surface area contributed by atoms with Crippen LogP contribution in [0.4, 0.5) is 5.88 Å². The summed E-state index contributed by atoms with van der Waals surface area (Å²) in [5, 5.41) is 11.0. The molecule has 32 heavy (non-hydrogen) atoms. The monoisotopic (exact) mass is 517 g/mol. The van der Waals surface area contributed by atoms with Gasteiger partial charge < -0.3 is 9.15 Å². The average Bonchev–Trinajstić information content (AvgIpc) is 3.34. The molecule has 0 amide bonds. The summed E-state index contributed by atoms with van der Waals surface area (Å²) in [6, 6.07) is 9.10. The molecule has 0 aliphatic carbocycles. The number of benzene rings is 1. The number of halogens is 1. The minimum absolute atomic E-state index is 0.0949. The van der Waals surface area contributed by atoms with Gasteiger partial charge in [0.2, 0.25) is 0 Å². The molecule has 0 spiro atoms. The highest BCUT2D eigenvalue weighted by molar-refractivity contribution is 9.10. The van der Waals surface area contributed by atoms with Gasteiger partial charge in [0.05, 0.1) is 22.8 Å². The van der Waals surface area contributed by atoms with Crippen molar-refractivity contribution in [2.45, 2.75) is 19.9 Å². The van der Waals surface area contributed by atoms with Gasteiger partial charge in [-0.1, -0.05) is 39.4 Å². The maximum atomic E-state index is 13.1. The fourth-order valence-corrected chi connectivity index (χ4v) is 4.81. The first-order chi connectivity index (χ1) is 15.3. The zero-order valence-electron chi connectivity index (χ0n) is 16.9. The van der Waals surface area contributed by atoms with E-state index in [-0.39, 0.29) is 23.5 Å². The predicted octanol–water partition coefficient (Wildman–Crippen LogP) is 3.17. The van der Waals surface area contributed by atoms with Crippen molar-refractivity contribution in [3.05, 3.63) is 87.6 Å². The molecule has 0 bridgehead atoms. The summed E-state index contributed by atoms with van der Waals surface area (Å²) in [6.45, 7) is 3.40. The Morgan fingerprint density at radius 3 is 2.84 bits per heavy atom. The molecule has 11 heteroatoms. The molecule has 0 N–H and O–H groups in total.